The van der Waals surface area contributed by atoms with Crippen molar-refractivity contribution in [1.82, 2.24) is 0 Å². The number of hydrogen-bond acceptors (Lipinski definition) is 1. The van der Waals surface area contributed by atoms with Gasteiger partial charge in [-0.2, -0.15) is 0 Å². The molecule has 0 amide bonds. The van der Waals surface area contributed by atoms with Crippen LogP contribution in [0.25, 0.3) is 0 Å². The SMILES string of the molecule is C1=CC2(CC=CO2)CCC1. The highest BCUT2D eigenvalue weighted by Crippen LogP contribution is 2.33. The van der Waals surface area contributed by atoms with Crippen molar-refractivity contribution in [2.75, 3.05) is 0 Å². The van der Waals surface area contributed by atoms with Gasteiger partial charge >= 0.3 is 0 Å². The standard InChI is InChI=1S/C9H12O/c1-2-5-9(6-3-1)7-4-8-10-9/h2,4-5,8H,1,3,6-7H2. The maximum atomic E-state index is 5.51. The quantitative estimate of drug-likeness (QED) is 0.465. The van der Waals surface area contributed by atoms with E-state index in [0.29, 0.717) is 0 Å². The van der Waals surface area contributed by atoms with Gasteiger partial charge in [0.1, 0.15) is 5.60 Å². The zero-order valence-corrected chi connectivity index (χ0v) is 6.05. The molecule has 1 heterocycles. The van der Waals surface area contributed by atoms with Gasteiger partial charge < -0.3 is 4.74 Å². The minimum absolute atomic E-state index is 0.0816. The molecule has 0 fully saturated rings. The third-order valence-electron chi connectivity index (χ3n) is 2.25. The van der Waals surface area contributed by atoms with E-state index in [9.17, 15) is 0 Å². The van der Waals surface area contributed by atoms with Gasteiger partial charge in [-0.05, 0) is 31.4 Å². The first-order valence-electron chi connectivity index (χ1n) is 3.92. The van der Waals surface area contributed by atoms with E-state index in [1.165, 1.54) is 19.3 Å². The zero-order valence-electron chi connectivity index (χ0n) is 6.05. The average Bonchev–Trinajstić information content (AvgIpc) is 2.39. The van der Waals surface area contributed by atoms with Crippen molar-refractivity contribution in [2.45, 2.75) is 31.3 Å². The maximum absolute atomic E-state index is 5.51. The summed E-state index contributed by atoms with van der Waals surface area (Å²) in [5, 5.41) is 0. The second kappa shape index (κ2) is 2.15. The Labute approximate surface area is 61.4 Å². The lowest BCUT2D eigenvalue weighted by Crippen LogP contribution is -2.26. The van der Waals surface area contributed by atoms with Crippen molar-refractivity contribution in [2.24, 2.45) is 0 Å². The predicted molar refractivity (Wildman–Crippen MR) is 40.6 cm³/mol. The molecule has 0 aromatic heterocycles. The molecule has 2 rings (SSSR count). The summed E-state index contributed by atoms with van der Waals surface area (Å²) >= 11 is 0. The van der Waals surface area contributed by atoms with Crippen LogP contribution in [0, 0.1) is 0 Å². The highest BCUT2D eigenvalue weighted by atomic mass is 16.5. The lowest BCUT2D eigenvalue weighted by molar-refractivity contribution is 0.0773. The summed E-state index contributed by atoms with van der Waals surface area (Å²) < 4.78 is 5.51. The second-order valence-corrected chi connectivity index (χ2v) is 3.05. The van der Waals surface area contributed by atoms with Gasteiger partial charge in [0, 0.05) is 6.42 Å². The van der Waals surface area contributed by atoms with Gasteiger partial charge in [-0.3, -0.25) is 0 Å². The molecule has 0 aromatic rings. The molecule has 1 heteroatoms. The normalized spacial score (nSPS) is 36.8. The van der Waals surface area contributed by atoms with Crippen LogP contribution in [0.2, 0.25) is 0 Å². The van der Waals surface area contributed by atoms with Crippen LogP contribution in [0.1, 0.15) is 25.7 Å². The summed E-state index contributed by atoms with van der Waals surface area (Å²) in [6, 6.07) is 0. The minimum atomic E-state index is 0.0816. The van der Waals surface area contributed by atoms with E-state index in [4.69, 9.17) is 4.74 Å². The molecule has 0 radical (unpaired) electrons. The van der Waals surface area contributed by atoms with E-state index in [2.05, 4.69) is 18.2 Å². The van der Waals surface area contributed by atoms with Crippen LogP contribution in [0.3, 0.4) is 0 Å². The van der Waals surface area contributed by atoms with Gasteiger partial charge in [0.15, 0.2) is 0 Å². The molecule has 0 saturated heterocycles. The second-order valence-electron chi connectivity index (χ2n) is 3.05. The predicted octanol–water partition coefficient (Wildman–Crippen LogP) is 2.40. The summed E-state index contributed by atoms with van der Waals surface area (Å²) in [6.07, 6.45) is 13.2. The van der Waals surface area contributed by atoms with E-state index in [1.54, 1.807) is 0 Å². The molecular formula is C9H12O. The Balaban J connectivity index is 2.14. The summed E-state index contributed by atoms with van der Waals surface area (Å²) in [4.78, 5) is 0. The van der Waals surface area contributed by atoms with Crippen LogP contribution in [0.4, 0.5) is 0 Å². The summed E-state index contributed by atoms with van der Waals surface area (Å²) in [6.45, 7) is 0. The Bertz CT molecular complexity index is 171. The minimum Gasteiger partial charge on any atom is -0.491 e. The molecule has 10 heavy (non-hydrogen) atoms. The van der Waals surface area contributed by atoms with Gasteiger partial charge in [-0.15, -0.1) is 0 Å². The molecule has 1 nitrogen and oxygen atoms in total. The van der Waals surface area contributed by atoms with E-state index >= 15 is 0 Å². The molecule has 1 spiro atoms. The van der Waals surface area contributed by atoms with E-state index in [1.807, 2.05) is 6.26 Å². The number of ether oxygens (including phenoxy) is 1. The molecule has 1 aliphatic heterocycles. The fourth-order valence-electron chi connectivity index (χ4n) is 1.65. The largest absolute Gasteiger partial charge is 0.491 e. The van der Waals surface area contributed by atoms with Crippen LogP contribution in [-0.2, 0) is 4.74 Å². The first-order valence-corrected chi connectivity index (χ1v) is 3.92. The average molecular weight is 136 g/mol. The Kier molecular flexibility index (Phi) is 1.30. The van der Waals surface area contributed by atoms with Crippen LogP contribution in [-0.4, -0.2) is 5.60 Å². The summed E-state index contributed by atoms with van der Waals surface area (Å²) in [5.41, 5.74) is 0.0816. The first-order chi connectivity index (χ1) is 4.91. The maximum Gasteiger partial charge on any atom is 0.130 e. The topological polar surface area (TPSA) is 9.23 Å². The number of allylic oxidation sites excluding steroid dienone is 1. The van der Waals surface area contributed by atoms with Crippen molar-refractivity contribution in [3.63, 3.8) is 0 Å². The van der Waals surface area contributed by atoms with Gasteiger partial charge in [-0.25, -0.2) is 0 Å². The lowest BCUT2D eigenvalue weighted by Gasteiger charge is -2.27. The fraction of sp³-hybridized carbons (Fsp3) is 0.556. The smallest absolute Gasteiger partial charge is 0.130 e. The first kappa shape index (κ1) is 6.02. The van der Waals surface area contributed by atoms with Crippen LogP contribution in [0.15, 0.2) is 24.5 Å². The molecule has 0 bridgehead atoms. The molecule has 0 N–H and O–H groups in total. The van der Waals surface area contributed by atoms with E-state index in [0.717, 1.165) is 6.42 Å². The third-order valence-corrected chi connectivity index (χ3v) is 2.25. The van der Waals surface area contributed by atoms with Crippen molar-refractivity contribution in [3.8, 4) is 0 Å². The molecule has 1 atom stereocenters. The van der Waals surface area contributed by atoms with E-state index < -0.39 is 0 Å². The van der Waals surface area contributed by atoms with Crippen molar-refractivity contribution >= 4 is 0 Å². The molecule has 54 valence electrons. The Morgan fingerprint density at radius 1 is 1.30 bits per heavy atom. The zero-order chi connectivity index (χ0) is 6.86. The monoisotopic (exact) mass is 136 g/mol. The van der Waals surface area contributed by atoms with Gasteiger partial charge in [0.2, 0.25) is 0 Å². The lowest BCUT2D eigenvalue weighted by atomic mass is 9.89. The van der Waals surface area contributed by atoms with Gasteiger partial charge in [-0.1, -0.05) is 6.08 Å². The summed E-state index contributed by atoms with van der Waals surface area (Å²) in [7, 11) is 0. The van der Waals surface area contributed by atoms with Crippen molar-refractivity contribution in [3.05, 3.63) is 24.5 Å². The Morgan fingerprint density at radius 3 is 2.90 bits per heavy atom. The van der Waals surface area contributed by atoms with Crippen molar-refractivity contribution < 1.29 is 4.74 Å². The van der Waals surface area contributed by atoms with Crippen LogP contribution >= 0.6 is 0 Å². The third kappa shape index (κ3) is 0.859. The molecule has 2 aliphatic rings. The van der Waals surface area contributed by atoms with Gasteiger partial charge in [0.05, 0.1) is 6.26 Å². The number of rotatable bonds is 0. The van der Waals surface area contributed by atoms with Crippen LogP contribution < -0.4 is 0 Å². The number of hydrogen-bond donors (Lipinski definition) is 0. The molecular weight excluding hydrogens is 124 g/mol. The highest BCUT2D eigenvalue weighted by molar-refractivity contribution is 5.12. The molecule has 0 saturated carbocycles. The Morgan fingerprint density at radius 2 is 2.30 bits per heavy atom. The van der Waals surface area contributed by atoms with Crippen LogP contribution in [0.5, 0.6) is 0 Å². The molecule has 1 aliphatic carbocycles. The fourth-order valence-corrected chi connectivity index (χ4v) is 1.65. The van der Waals surface area contributed by atoms with Crippen molar-refractivity contribution in [1.29, 1.82) is 0 Å². The highest BCUT2D eigenvalue weighted by Gasteiger charge is 2.30. The molecule has 1 unspecified atom stereocenters. The molecule has 0 aromatic carbocycles. The summed E-state index contributed by atoms with van der Waals surface area (Å²) in [5.74, 6) is 0. The Hall–Kier alpha value is -0.720. The van der Waals surface area contributed by atoms with E-state index in [-0.39, 0.29) is 5.60 Å². The van der Waals surface area contributed by atoms with Gasteiger partial charge in [0.25, 0.3) is 0 Å².